The minimum atomic E-state index is 0.198. The maximum Gasteiger partial charge on any atom is 0.133 e. The number of halogens is 1. The van der Waals surface area contributed by atoms with E-state index in [9.17, 15) is 0 Å². The number of aryl methyl sites for hydroxylation is 1. The smallest absolute Gasteiger partial charge is 0.133 e. The molecule has 0 bridgehead atoms. The first kappa shape index (κ1) is 11.6. The summed E-state index contributed by atoms with van der Waals surface area (Å²) in [6.07, 6.45) is 0. The SMILES string of the molecule is Cc1cccc(OCC(C)(C)C)c1Br. The molecule has 0 aliphatic rings. The lowest BCUT2D eigenvalue weighted by Crippen LogP contribution is -2.17. The van der Waals surface area contributed by atoms with Gasteiger partial charge in [-0.1, -0.05) is 32.9 Å². The standard InChI is InChI=1S/C12H17BrO/c1-9-6-5-7-10(11(9)13)14-8-12(2,3)4/h5-7H,8H2,1-4H3. The summed E-state index contributed by atoms with van der Waals surface area (Å²) < 4.78 is 6.79. The van der Waals surface area contributed by atoms with Gasteiger partial charge in [0.2, 0.25) is 0 Å². The van der Waals surface area contributed by atoms with Crippen molar-refractivity contribution in [2.24, 2.45) is 5.41 Å². The molecule has 1 aromatic carbocycles. The van der Waals surface area contributed by atoms with E-state index in [2.05, 4.69) is 49.7 Å². The molecule has 2 heteroatoms. The van der Waals surface area contributed by atoms with Gasteiger partial charge in [-0.25, -0.2) is 0 Å². The lowest BCUT2D eigenvalue weighted by atomic mass is 9.99. The molecule has 0 unspecified atom stereocenters. The molecule has 14 heavy (non-hydrogen) atoms. The van der Waals surface area contributed by atoms with Gasteiger partial charge in [0.15, 0.2) is 0 Å². The second-order valence-electron chi connectivity index (χ2n) is 4.74. The fraction of sp³-hybridized carbons (Fsp3) is 0.500. The summed E-state index contributed by atoms with van der Waals surface area (Å²) in [5.74, 6) is 0.930. The fourth-order valence-corrected chi connectivity index (χ4v) is 1.41. The molecular weight excluding hydrogens is 240 g/mol. The Labute approximate surface area is 94.6 Å². The van der Waals surface area contributed by atoms with Crippen molar-refractivity contribution in [1.82, 2.24) is 0 Å². The Morgan fingerprint density at radius 3 is 2.50 bits per heavy atom. The van der Waals surface area contributed by atoms with Gasteiger partial charge < -0.3 is 4.74 Å². The first-order valence-corrected chi connectivity index (χ1v) is 5.57. The van der Waals surface area contributed by atoms with Crippen LogP contribution in [0.1, 0.15) is 26.3 Å². The zero-order valence-corrected chi connectivity index (χ0v) is 10.8. The van der Waals surface area contributed by atoms with Crippen molar-refractivity contribution >= 4 is 15.9 Å². The van der Waals surface area contributed by atoms with E-state index < -0.39 is 0 Å². The molecule has 0 saturated carbocycles. The van der Waals surface area contributed by atoms with Gasteiger partial charge in [-0.2, -0.15) is 0 Å². The summed E-state index contributed by atoms with van der Waals surface area (Å²) in [4.78, 5) is 0. The van der Waals surface area contributed by atoms with Gasteiger partial charge in [0, 0.05) is 0 Å². The number of ether oxygens (including phenoxy) is 1. The molecule has 1 rings (SSSR count). The second kappa shape index (κ2) is 4.35. The maximum atomic E-state index is 5.74. The molecule has 1 aromatic rings. The molecule has 0 amide bonds. The molecule has 0 aromatic heterocycles. The average Bonchev–Trinajstić information content (AvgIpc) is 2.06. The number of hydrogen-bond donors (Lipinski definition) is 0. The van der Waals surface area contributed by atoms with Crippen LogP contribution < -0.4 is 4.74 Å². The monoisotopic (exact) mass is 256 g/mol. The lowest BCUT2D eigenvalue weighted by molar-refractivity contribution is 0.197. The van der Waals surface area contributed by atoms with Crippen molar-refractivity contribution in [3.63, 3.8) is 0 Å². The molecule has 1 nitrogen and oxygen atoms in total. The Bertz CT molecular complexity index is 313. The number of hydrogen-bond acceptors (Lipinski definition) is 1. The van der Waals surface area contributed by atoms with Gasteiger partial charge >= 0.3 is 0 Å². The highest BCUT2D eigenvalue weighted by molar-refractivity contribution is 9.10. The van der Waals surface area contributed by atoms with Gasteiger partial charge in [-0.15, -0.1) is 0 Å². The predicted octanol–water partition coefficient (Wildman–Crippen LogP) is 4.18. The van der Waals surface area contributed by atoms with Crippen LogP contribution in [-0.4, -0.2) is 6.61 Å². The van der Waals surface area contributed by atoms with E-state index >= 15 is 0 Å². The molecule has 0 atom stereocenters. The van der Waals surface area contributed by atoms with Crippen LogP contribution in [0.15, 0.2) is 22.7 Å². The van der Waals surface area contributed by atoms with Crippen molar-refractivity contribution in [1.29, 1.82) is 0 Å². The maximum absolute atomic E-state index is 5.74. The third-order valence-electron chi connectivity index (χ3n) is 1.82. The number of benzene rings is 1. The van der Waals surface area contributed by atoms with E-state index in [0.717, 1.165) is 16.8 Å². The van der Waals surface area contributed by atoms with E-state index in [0.29, 0.717) is 0 Å². The van der Waals surface area contributed by atoms with Crippen molar-refractivity contribution in [3.8, 4) is 5.75 Å². The van der Waals surface area contributed by atoms with Gasteiger partial charge in [0.05, 0.1) is 11.1 Å². The van der Waals surface area contributed by atoms with E-state index in [1.54, 1.807) is 0 Å². The zero-order chi connectivity index (χ0) is 10.8. The minimum Gasteiger partial charge on any atom is -0.492 e. The van der Waals surface area contributed by atoms with Gasteiger partial charge in [-0.05, 0) is 39.9 Å². The molecule has 0 spiro atoms. The number of rotatable bonds is 2. The average molecular weight is 257 g/mol. The third-order valence-corrected chi connectivity index (χ3v) is 2.83. The quantitative estimate of drug-likeness (QED) is 0.772. The summed E-state index contributed by atoms with van der Waals surface area (Å²) >= 11 is 3.52. The lowest BCUT2D eigenvalue weighted by Gasteiger charge is -2.19. The first-order valence-electron chi connectivity index (χ1n) is 4.78. The molecule has 0 radical (unpaired) electrons. The topological polar surface area (TPSA) is 9.23 Å². The molecule has 78 valence electrons. The molecule has 0 fully saturated rings. The second-order valence-corrected chi connectivity index (χ2v) is 5.53. The van der Waals surface area contributed by atoms with Crippen LogP contribution in [-0.2, 0) is 0 Å². The molecule has 0 aliphatic carbocycles. The largest absolute Gasteiger partial charge is 0.492 e. The Balaban J connectivity index is 2.73. The van der Waals surface area contributed by atoms with E-state index in [1.807, 2.05) is 12.1 Å². The van der Waals surface area contributed by atoms with Crippen LogP contribution in [0.3, 0.4) is 0 Å². The third kappa shape index (κ3) is 3.33. The molecule has 0 heterocycles. The summed E-state index contributed by atoms with van der Waals surface area (Å²) in [5, 5.41) is 0. The van der Waals surface area contributed by atoms with Crippen LogP contribution in [0.25, 0.3) is 0 Å². The summed E-state index contributed by atoms with van der Waals surface area (Å²) in [5.41, 5.74) is 1.40. The zero-order valence-electron chi connectivity index (χ0n) is 9.23. The van der Waals surface area contributed by atoms with E-state index in [1.165, 1.54) is 5.56 Å². The van der Waals surface area contributed by atoms with Crippen LogP contribution in [0, 0.1) is 12.3 Å². The van der Waals surface area contributed by atoms with Crippen molar-refractivity contribution in [2.75, 3.05) is 6.61 Å². The van der Waals surface area contributed by atoms with Crippen molar-refractivity contribution < 1.29 is 4.74 Å². The summed E-state index contributed by atoms with van der Waals surface area (Å²) in [7, 11) is 0. The van der Waals surface area contributed by atoms with Crippen molar-refractivity contribution in [2.45, 2.75) is 27.7 Å². The summed E-state index contributed by atoms with van der Waals surface area (Å²) in [6.45, 7) is 9.28. The fourth-order valence-electron chi connectivity index (χ4n) is 1.03. The minimum absolute atomic E-state index is 0.198. The molecule has 0 saturated heterocycles. The highest BCUT2D eigenvalue weighted by Crippen LogP contribution is 2.29. The predicted molar refractivity (Wildman–Crippen MR) is 63.8 cm³/mol. The Morgan fingerprint density at radius 1 is 1.29 bits per heavy atom. The Hall–Kier alpha value is -0.500. The normalized spacial score (nSPS) is 11.5. The van der Waals surface area contributed by atoms with Gasteiger partial charge in [0.1, 0.15) is 5.75 Å². The van der Waals surface area contributed by atoms with Crippen molar-refractivity contribution in [3.05, 3.63) is 28.2 Å². The van der Waals surface area contributed by atoms with Crippen LogP contribution >= 0.6 is 15.9 Å². The molecular formula is C12H17BrO. The first-order chi connectivity index (χ1) is 6.40. The van der Waals surface area contributed by atoms with Gasteiger partial charge in [-0.3, -0.25) is 0 Å². The Morgan fingerprint density at radius 2 is 1.93 bits per heavy atom. The molecule has 0 aliphatic heterocycles. The van der Waals surface area contributed by atoms with Crippen LogP contribution in [0.4, 0.5) is 0 Å². The summed E-state index contributed by atoms with van der Waals surface area (Å²) in [6, 6.07) is 6.06. The van der Waals surface area contributed by atoms with E-state index in [-0.39, 0.29) is 5.41 Å². The van der Waals surface area contributed by atoms with Crippen LogP contribution in [0.2, 0.25) is 0 Å². The van der Waals surface area contributed by atoms with Crippen LogP contribution in [0.5, 0.6) is 5.75 Å². The Kier molecular flexibility index (Phi) is 3.59. The molecule has 0 N–H and O–H groups in total. The highest BCUT2D eigenvalue weighted by Gasteiger charge is 2.12. The highest BCUT2D eigenvalue weighted by atomic mass is 79.9. The van der Waals surface area contributed by atoms with E-state index in [4.69, 9.17) is 4.74 Å². The van der Waals surface area contributed by atoms with Gasteiger partial charge in [0.25, 0.3) is 0 Å².